The number of aromatic nitrogens is 1. The van der Waals surface area contributed by atoms with Gasteiger partial charge in [0.05, 0.1) is 16.4 Å². The molecule has 0 saturated carbocycles. The van der Waals surface area contributed by atoms with E-state index in [-0.39, 0.29) is 6.61 Å². The van der Waals surface area contributed by atoms with Crippen molar-refractivity contribution < 1.29 is 9.84 Å². The molecular weight excluding hydrogens is 337 g/mol. The van der Waals surface area contributed by atoms with Gasteiger partial charge in [0.1, 0.15) is 11.2 Å². The Hall–Kier alpha value is 0.120. The Labute approximate surface area is 92.4 Å². The quantitative estimate of drug-likeness (QED) is 0.672. The fourth-order valence-corrected chi connectivity index (χ4v) is 2.01. The topological polar surface area (TPSA) is 42.4 Å². The number of pyridine rings is 1. The van der Waals surface area contributed by atoms with Crippen molar-refractivity contribution in [2.24, 2.45) is 0 Å². The molecule has 0 aromatic carbocycles. The molecule has 1 N–H and O–H groups in total. The summed E-state index contributed by atoms with van der Waals surface area (Å²) in [5.41, 5.74) is 0. The summed E-state index contributed by atoms with van der Waals surface area (Å²) < 4.78 is 6.96. The number of ether oxygens (including phenoxy) is 1. The first-order valence-electron chi connectivity index (χ1n) is 3.28. The van der Waals surface area contributed by atoms with Gasteiger partial charge in [0.2, 0.25) is 0 Å². The second-order valence-corrected chi connectivity index (χ2v) is 3.98. The zero-order valence-corrected chi connectivity index (χ0v) is 9.87. The van der Waals surface area contributed by atoms with E-state index in [4.69, 9.17) is 9.84 Å². The summed E-state index contributed by atoms with van der Waals surface area (Å²) in [7, 11) is 0. The first kappa shape index (κ1) is 10.2. The molecule has 3 nitrogen and oxygen atoms in total. The lowest BCUT2D eigenvalue weighted by molar-refractivity contribution is 0.200. The summed E-state index contributed by atoms with van der Waals surface area (Å²) in [4.78, 5) is 4.00. The van der Waals surface area contributed by atoms with Gasteiger partial charge in [-0.2, -0.15) is 0 Å². The molecular formula is C7H7BrINO2. The van der Waals surface area contributed by atoms with E-state index >= 15 is 0 Å². The lowest BCUT2D eigenvalue weighted by Gasteiger charge is -2.05. The third-order valence-corrected chi connectivity index (χ3v) is 2.41. The summed E-state index contributed by atoms with van der Waals surface area (Å²) in [5, 5.41) is 8.52. The number of rotatable bonds is 3. The molecule has 0 radical (unpaired) electrons. The third-order valence-electron chi connectivity index (χ3n) is 1.14. The highest BCUT2D eigenvalue weighted by atomic mass is 127. The number of aliphatic hydroxyl groups excluding tert-OH is 1. The van der Waals surface area contributed by atoms with Crippen LogP contribution in [-0.4, -0.2) is 23.3 Å². The van der Waals surface area contributed by atoms with Crippen molar-refractivity contribution in [1.29, 1.82) is 0 Å². The normalized spacial score (nSPS) is 9.92. The van der Waals surface area contributed by atoms with Crippen molar-refractivity contribution in [3.8, 4) is 5.75 Å². The fourth-order valence-electron chi connectivity index (χ4n) is 0.657. The van der Waals surface area contributed by atoms with Gasteiger partial charge in [0.15, 0.2) is 5.75 Å². The molecule has 1 aromatic heterocycles. The molecule has 0 amide bonds. The largest absolute Gasteiger partial charge is 0.488 e. The Morgan fingerprint density at radius 1 is 1.67 bits per heavy atom. The number of hydrogen-bond donors (Lipinski definition) is 1. The molecule has 0 unspecified atom stereocenters. The van der Waals surface area contributed by atoms with E-state index in [1.165, 1.54) is 0 Å². The molecule has 0 bridgehead atoms. The molecule has 0 fully saturated rings. The predicted molar refractivity (Wildman–Crippen MR) is 57.2 cm³/mol. The van der Waals surface area contributed by atoms with Crippen LogP contribution in [0.25, 0.3) is 0 Å². The highest BCUT2D eigenvalue weighted by Gasteiger charge is 2.01. The van der Waals surface area contributed by atoms with E-state index in [0.29, 0.717) is 12.4 Å². The molecule has 0 aliphatic rings. The van der Waals surface area contributed by atoms with Gasteiger partial charge >= 0.3 is 0 Å². The fraction of sp³-hybridized carbons (Fsp3) is 0.286. The lowest BCUT2D eigenvalue weighted by atomic mass is 10.5. The smallest absolute Gasteiger partial charge is 0.151 e. The summed E-state index contributed by atoms with van der Waals surface area (Å²) in [6, 6.07) is 1.85. The number of hydrogen-bond acceptors (Lipinski definition) is 3. The number of nitrogens with zero attached hydrogens (tertiary/aromatic N) is 1. The average molecular weight is 344 g/mol. The van der Waals surface area contributed by atoms with E-state index in [9.17, 15) is 0 Å². The minimum absolute atomic E-state index is 0.0200. The lowest BCUT2D eigenvalue weighted by Crippen LogP contribution is -2.03. The summed E-state index contributed by atoms with van der Waals surface area (Å²) in [6.45, 7) is 0.325. The van der Waals surface area contributed by atoms with E-state index < -0.39 is 0 Å². The maximum atomic E-state index is 8.52. The van der Waals surface area contributed by atoms with Crippen molar-refractivity contribution in [1.82, 2.24) is 4.98 Å². The molecule has 0 aliphatic heterocycles. The first-order chi connectivity index (χ1) is 5.74. The van der Waals surface area contributed by atoms with Gasteiger partial charge in [-0.3, -0.25) is 0 Å². The standard InChI is InChI=1S/C7H7BrINO2/c8-7-3-5(9)6(4-10-7)12-2-1-11/h3-4,11H,1-2H2. The van der Waals surface area contributed by atoms with Gasteiger partial charge in [-0.15, -0.1) is 0 Å². The van der Waals surface area contributed by atoms with Gasteiger partial charge in [-0.1, -0.05) is 0 Å². The van der Waals surface area contributed by atoms with Crippen molar-refractivity contribution in [3.05, 3.63) is 20.4 Å². The Morgan fingerprint density at radius 3 is 3.00 bits per heavy atom. The minimum atomic E-state index is 0.0200. The summed E-state index contributed by atoms with van der Waals surface area (Å²) in [5.74, 6) is 0.702. The summed E-state index contributed by atoms with van der Waals surface area (Å²) in [6.07, 6.45) is 1.63. The maximum Gasteiger partial charge on any atom is 0.151 e. The Bertz CT molecular complexity index is 270. The van der Waals surface area contributed by atoms with Crippen LogP contribution in [-0.2, 0) is 0 Å². The van der Waals surface area contributed by atoms with Crippen LogP contribution in [0.2, 0.25) is 0 Å². The molecule has 0 saturated heterocycles. The van der Waals surface area contributed by atoms with Gasteiger partial charge in [-0.25, -0.2) is 4.98 Å². The van der Waals surface area contributed by atoms with Gasteiger partial charge in [-0.05, 0) is 44.6 Å². The van der Waals surface area contributed by atoms with Crippen molar-refractivity contribution in [2.45, 2.75) is 0 Å². The zero-order valence-electron chi connectivity index (χ0n) is 6.13. The van der Waals surface area contributed by atoms with Gasteiger partial charge in [0.25, 0.3) is 0 Å². The predicted octanol–water partition coefficient (Wildman–Crippen LogP) is 1.82. The van der Waals surface area contributed by atoms with Crippen LogP contribution < -0.4 is 4.74 Å². The summed E-state index contributed by atoms with van der Waals surface area (Å²) >= 11 is 5.39. The number of aliphatic hydroxyl groups is 1. The van der Waals surface area contributed by atoms with Crippen molar-refractivity contribution in [3.63, 3.8) is 0 Å². The molecule has 1 heterocycles. The van der Waals surface area contributed by atoms with Crippen LogP contribution in [0.3, 0.4) is 0 Å². The molecule has 1 rings (SSSR count). The monoisotopic (exact) mass is 343 g/mol. The Balaban J connectivity index is 2.72. The molecule has 66 valence electrons. The van der Waals surface area contributed by atoms with Crippen molar-refractivity contribution in [2.75, 3.05) is 13.2 Å². The Morgan fingerprint density at radius 2 is 2.42 bits per heavy atom. The van der Waals surface area contributed by atoms with E-state index in [0.717, 1.165) is 8.17 Å². The van der Waals surface area contributed by atoms with Crippen molar-refractivity contribution >= 4 is 38.5 Å². The highest BCUT2D eigenvalue weighted by molar-refractivity contribution is 14.1. The van der Waals surface area contributed by atoms with E-state index in [1.807, 2.05) is 6.07 Å². The molecule has 0 atom stereocenters. The molecule has 0 spiro atoms. The Kier molecular flexibility index (Phi) is 4.24. The second-order valence-electron chi connectivity index (χ2n) is 2.01. The SMILES string of the molecule is OCCOc1cnc(Br)cc1I. The highest BCUT2D eigenvalue weighted by Crippen LogP contribution is 2.22. The maximum absolute atomic E-state index is 8.52. The van der Waals surface area contributed by atoms with Gasteiger partial charge < -0.3 is 9.84 Å². The zero-order chi connectivity index (χ0) is 8.97. The first-order valence-corrected chi connectivity index (χ1v) is 5.16. The molecule has 12 heavy (non-hydrogen) atoms. The van der Waals surface area contributed by atoms with Crippen LogP contribution in [0, 0.1) is 3.57 Å². The molecule has 1 aromatic rings. The van der Waals surface area contributed by atoms with Gasteiger partial charge in [0, 0.05) is 0 Å². The van der Waals surface area contributed by atoms with Crippen LogP contribution >= 0.6 is 38.5 Å². The molecule has 0 aliphatic carbocycles. The van der Waals surface area contributed by atoms with Crippen LogP contribution in [0.15, 0.2) is 16.9 Å². The third kappa shape index (κ3) is 2.87. The molecule has 5 heteroatoms. The number of halogens is 2. The van der Waals surface area contributed by atoms with E-state index in [2.05, 4.69) is 43.5 Å². The minimum Gasteiger partial charge on any atom is -0.488 e. The second kappa shape index (κ2) is 4.98. The van der Waals surface area contributed by atoms with E-state index in [1.54, 1.807) is 6.20 Å². The average Bonchev–Trinajstić information content (AvgIpc) is 2.03. The van der Waals surface area contributed by atoms with Crippen LogP contribution in [0.4, 0.5) is 0 Å². The van der Waals surface area contributed by atoms with Crippen LogP contribution in [0.1, 0.15) is 0 Å². The van der Waals surface area contributed by atoms with Crippen LogP contribution in [0.5, 0.6) is 5.75 Å².